The number of allylic oxidation sites excluding steroid dienone is 1. The van der Waals surface area contributed by atoms with Crippen LogP contribution in [0.15, 0.2) is 11.6 Å². The number of fused-ring (bicyclic) bond motifs is 5. The largest absolute Gasteiger partial charge is 0.388 e. The summed E-state index contributed by atoms with van der Waals surface area (Å²) in [4.78, 5) is 37.4. The maximum atomic E-state index is 13.3. The lowest BCUT2D eigenvalue weighted by atomic mass is 9.44. The molecule has 1 N–H and O–H groups in total. The number of aliphatic hydroxyl groups excluding tert-OH is 1. The predicted molar refractivity (Wildman–Crippen MR) is 92.7 cm³/mol. The summed E-state index contributed by atoms with van der Waals surface area (Å²) >= 11 is 0. The van der Waals surface area contributed by atoms with Gasteiger partial charge in [-0.25, -0.2) is 0 Å². The molecule has 6 atom stereocenters. The Kier molecular flexibility index (Phi) is 3.84. The van der Waals surface area contributed by atoms with Crippen LogP contribution in [-0.4, -0.2) is 29.1 Å². The van der Waals surface area contributed by atoms with Crippen LogP contribution in [0, 0.1) is 34.5 Å². The van der Waals surface area contributed by atoms with Gasteiger partial charge in [0.25, 0.3) is 0 Å². The molecule has 3 fully saturated rings. The van der Waals surface area contributed by atoms with E-state index in [0.717, 1.165) is 25.7 Å². The van der Waals surface area contributed by atoms with Gasteiger partial charge in [0.2, 0.25) is 0 Å². The average Bonchev–Trinajstić information content (AvgIpc) is 2.91. The Morgan fingerprint density at radius 1 is 1.28 bits per heavy atom. The van der Waals surface area contributed by atoms with Crippen molar-refractivity contribution in [2.75, 3.05) is 6.61 Å². The van der Waals surface area contributed by atoms with Crippen molar-refractivity contribution in [1.29, 1.82) is 0 Å². The third-order valence-electron chi connectivity index (χ3n) is 8.20. The Bertz CT molecular complexity index is 677. The lowest BCUT2D eigenvalue weighted by Gasteiger charge is -2.58. The van der Waals surface area contributed by atoms with Gasteiger partial charge >= 0.3 is 0 Å². The first kappa shape index (κ1) is 17.1. The fraction of sp³-hybridized carbons (Fsp3) is 0.762. The average molecular weight is 344 g/mol. The molecule has 0 spiro atoms. The van der Waals surface area contributed by atoms with Crippen LogP contribution in [-0.2, 0) is 14.4 Å². The zero-order valence-electron chi connectivity index (χ0n) is 15.2. The standard InChI is InChI=1S/C21H28O4/c1-20-8-7-13(23)9-12(20)3-4-14-15-5-6-16(18(25)11-22)21(15,2)10-17(24)19(14)20/h6,12,14-15,19,22H,3-5,7-11H2,1-2H3/t12?,14-,15-,19+,20-,21-/m0/s1. The highest BCUT2D eigenvalue weighted by Gasteiger charge is 2.62. The van der Waals surface area contributed by atoms with Crippen molar-refractivity contribution in [2.45, 2.75) is 58.8 Å². The van der Waals surface area contributed by atoms with E-state index in [9.17, 15) is 19.5 Å². The van der Waals surface area contributed by atoms with Crippen LogP contribution in [0.2, 0.25) is 0 Å². The Morgan fingerprint density at radius 2 is 2.04 bits per heavy atom. The summed E-state index contributed by atoms with van der Waals surface area (Å²) in [6.07, 6.45) is 7.32. The van der Waals surface area contributed by atoms with Crippen LogP contribution in [0.5, 0.6) is 0 Å². The van der Waals surface area contributed by atoms with E-state index >= 15 is 0 Å². The second-order valence-electron chi connectivity index (χ2n) is 9.27. The SMILES string of the molecule is C[C@]12CCC(=O)CC1CC[C@@H]1[C@@H]2C(=O)C[C@]2(C)C(C(=O)CO)=CC[C@@H]12. The molecule has 0 aromatic rings. The molecule has 0 heterocycles. The number of carbonyl (C=O) groups excluding carboxylic acids is 3. The lowest BCUT2D eigenvalue weighted by Crippen LogP contribution is -2.57. The number of hydrogen-bond donors (Lipinski definition) is 1. The minimum absolute atomic E-state index is 0.0365. The molecule has 4 aliphatic carbocycles. The predicted octanol–water partition coefficient (Wildman–Crippen LogP) is 2.87. The first-order chi connectivity index (χ1) is 11.8. The molecule has 4 rings (SSSR count). The highest BCUT2D eigenvalue weighted by atomic mass is 16.3. The topological polar surface area (TPSA) is 71.4 Å². The number of Topliss-reactive ketones (excluding diaryl/α,β-unsaturated/α-hetero) is 3. The fourth-order valence-electron chi connectivity index (χ4n) is 6.95. The van der Waals surface area contributed by atoms with Gasteiger partial charge in [0, 0.05) is 36.2 Å². The Balaban J connectivity index is 1.68. The van der Waals surface area contributed by atoms with Gasteiger partial charge < -0.3 is 5.11 Å². The molecular formula is C21H28O4. The van der Waals surface area contributed by atoms with Gasteiger partial charge in [-0.05, 0) is 48.9 Å². The van der Waals surface area contributed by atoms with Gasteiger partial charge in [-0.3, -0.25) is 14.4 Å². The second kappa shape index (κ2) is 5.60. The number of hydrogen-bond acceptors (Lipinski definition) is 4. The van der Waals surface area contributed by atoms with Gasteiger partial charge in [-0.2, -0.15) is 0 Å². The molecule has 4 nitrogen and oxygen atoms in total. The highest BCUT2D eigenvalue weighted by molar-refractivity contribution is 5.99. The smallest absolute Gasteiger partial charge is 0.184 e. The summed E-state index contributed by atoms with van der Waals surface area (Å²) in [5, 5.41) is 9.31. The van der Waals surface area contributed by atoms with E-state index in [4.69, 9.17) is 0 Å². The minimum Gasteiger partial charge on any atom is -0.388 e. The molecule has 4 heteroatoms. The second-order valence-corrected chi connectivity index (χ2v) is 9.27. The quantitative estimate of drug-likeness (QED) is 0.836. The van der Waals surface area contributed by atoms with Crippen LogP contribution in [0.3, 0.4) is 0 Å². The van der Waals surface area contributed by atoms with E-state index in [2.05, 4.69) is 13.8 Å². The first-order valence-electron chi connectivity index (χ1n) is 9.70. The molecule has 4 aliphatic rings. The first-order valence-corrected chi connectivity index (χ1v) is 9.70. The third kappa shape index (κ3) is 2.26. The Morgan fingerprint density at radius 3 is 2.76 bits per heavy atom. The number of aliphatic hydroxyl groups is 1. The van der Waals surface area contributed by atoms with Crippen molar-refractivity contribution in [3.8, 4) is 0 Å². The van der Waals surface area contributed by atoms with E-state index in [1.54, 1.807) is 0 Å². The molecule has 0 radical (unpaired) electrons. The third-order valence-corrected chi connectivity index (χ3v) is 8.20. The summed E-state index contributed by atoms with van der Waals surface area (Å²) in [5.74, 6) is 1.42. The fourth-order valence-corrected chi connectivity index (χ4v) is 6.95. The zero-order valence-corrected chi connectivity index (χ0v) is 15.2. The molecule has 1 unspecified atom stereocenters. The lowest BCUT2D eigenvalue weighted by molar-refractivity contribution is -0.157. The number of carbonyl (C=O) groups is 3. The molecule has 0 aliphatic heterocycles. The van der Waals surface area contributed by atoms with E-state index in [1.165, 1.54) is 0 Å². The monoisotopic (exact) mass is 344 g/mol. The van der Waals surface area contributed by atoms with E-state index in [1.807, 2.05) is 6.08 Å². The molecular weight excluding hydrogens is 316 g/mol. The van der Waals surface area contributed by atoms with Crippen molar-refractivity contribution < 1.29 is 19.5 Å². The molecule has 136 valence electrons. The van der Waals surface area contributed by atoms with Crippen molar-refractivity contribution in [2.24, 2.45) is 34.5 Å². The molecule has 0 bridgehead atoms. The van der Waals surface area contributed by atoms with Crippen molar-refractivity contribution in [3.05, 3.63) is 11.6 Å². The van der Waals surface area contributed by atoms with E-state index in [-0.39, 0.29) is 22.9 Å². The maximum absolute atomic E-state index is 13.3. The van der Waals surface area contributed by atoms with Gasteiger partial charge in [-0.15, -0.1) is 0 Å². The molecule has 0 amide bonds. The Labute approximate surface area is 149 Å². The molecule has 0 aromatic heterocycles. The van der Waals surface area contributed by atoms with E-state index in [0.29, 0.717) is 48.4 Å². The van der Waals surface area contributed by atoms with Crippen molar-refractivity contribution in [1.82, 2.24) is 0 Å². The summed E-state index contributed by atoms with van der Waals surface area (Å²) in [7, 11) is 0. The van der Waals surface area contributed by atoms with Crippen LogP contribution in [0.1, 0.15) is 58.8 Å². The van der Waals surface area contributed by atoms with Crippen molar-refractivity contribution in [3.63, 3.8) is 0 Å². The molecule has 0 aromatic carbocycles. The number of rotatable bonds is 2. The van der Waals surface area contributed by atoms with Gasteiger partial charge in [0.05, 0.1) is 0 Å². The van der Waals surface area contributed by atoms with Gasteiger partial charge in [-0.1, -0.05) is 19.9 Å². The Hall–Kier alpha value is -1.29. The van der Waals surface area contributed by atoms with Crippen LogP contribution < -0.4 is 0 Å². The summed E-state index contributed by atoms with van der Waals surface area (Å²) in [5.41, 5.74) is 0.211. The van der Waals surface area contributed by atoms with Crippen LogP contribution in [0.25, 0.3) is 0 Å². The van der Waals surface area contributed by atoms with Gasteiger partial charge in [0.1, 0.15) is 18.2 Å². The summed E-state index contributed by atoms with van der Waals surface area (Å²) in [6.45, 7) is 3.82. The van der Waals surface area contributed by atoms with E-state index < -0.39 is 12.0 Å². The number of ketones is 3. The van der Waals surface area contributed by atoms with Crippen molar-refractivity contribution >= 4 is 17.3 Å². The van der Waals surface area contributed by atoms with Gasteiger partial charge in [0.15, 0.2) is 5.78 Å². The summed E-state index contributed by atoms with van der Waals surface area (Å²) < 4.78 is 0. The highest BCUT2D eigenvalue weighted by Crippen LogP contribution is 2.65. The molecule has 3 saturated carbocycles. The van der Waals surface area contributed by atoms with Crippen LogP contribution >= 0.6 is 0 Å². The molecule has 25 heavy (non-hydrogen) atoms. The maximum Gasteiger partial charge on any atom is 0.184 e. The molecule has 0 saturated heterocycles. The normalized spacial score (nSPS) is 46.1. The van der Waals surface area contributed by atoms with Crippen LogP contribution in [0.4, 0.5) is 0 Å². The summed E-state index contributed by atoms with van der Waals surface area (Å²) in [6, 6.07) is 0. The minimum atomic E-state index is -0.474. The zero-order chi connectivity index (χ0) is 18.0.